The standard InChI is InChI=1S/C19H22O3/c1-10-19(2,3)15-17(21)16(20)14-12-7-5-4-6-11(12)8-9-13(14)18(15)22-10/h8-10,15,18H,4-7H2,1-3H3. The highest BCUT2D eigenvalue weighted by molar-refractivity contribution is 6.46. The molecule has 1 aromatic carbocycles. The molecule has 0 N–H and O–H groups in total. The third-order valence-corrected chi connectivity index (χ3v) is 6.11. The molecule has 116 valence electrons. The van der Waals surface area contributed by atoms with Gasteiger partial charge in [-0.2, -0.15) is 0 Å². The number of carbonyl (C=O) groups is 2. The number of carbonyl (C=O) groups excluding carboxylic acids is 2. The van der Waals surface area contributed by atoms with Crippen LogP contribution in [0.1, 0.15) is 66.8 Å². The summed E-state index contributed by atoms with van der Waals surface area (Å²) in [5.74, 6) is -0.865. The van der Waals surface area contributed by atoms with Gasteiger partial charge >= 0.3 is 0 Å². The molecule has 2 aliphatic carbocycles. The first-order valence-electron chi connectivity index (χ1n) is 8.31. The van der Waals surface area contributed by atoms with Crippen LogP contribution in [0.3, 0.4) is 0 Å². The molecule has 1 saturated heterocycles. The van der Waals surface area contributed by atoms with Crippen LogP contribution in [-0.2, 0) is 22.4 Å². The van der Waals surface area contributed by atoms with E-state index in [-0.39, 0.29) is 35.1 Å². The first kappa shape index (κ1) is 14.1. The molecule has 1 heterocycles. The van der Waals surface area contributed by atoms with Crippen molar-refractivity contribution >= 4 is 11.6 Å². The van der Waals surface area contributed by atoms with Crippen LogP contribution in [0.25, 0.3) is 0 Å². The average molecular weight is 298 g/mol. The third-order valence-electron chi connectivity index (χ3n) is 6.11. The van der Waals surface area contributed by atoms with Crippen molar-refractivity contribution in [1.29, 1.82) is 0 Å². The Morgan fingerprint density at radius 2 is 1.86 bits per heavy atom. The van der Waals surface area contributed by atoms with Gasteiger partial charge in [0, 0.05) is 11.0 Å². The Morgan fingerprint density at radius 1 is 1.14 bits per heavy atom. The quantitative estimate of drug-likeness (QED) is 0.689. The van der Waals surface area contributed by atoms with Crippen LogP contribution < -0.4 is 0 Å². The van der Waals surface area contributed by atoms with E-state index in [1.165, 1.54) is 12.0 Å². The zero-order valence-corrected chi connectivity index (χ0v) is 13.4. The van der Waals surface area contributed by atoms with Crippen molar-refractivity contribution in [2.45, 2.75) is 58.7 Å². The van der Waals surface area contributed by atoms with Crippen molar-refractivity contribution in [3.63, 3.8) is 0 Å². The lowest BCUT2D eigenvalue weighted by atomic mass is 9.66. The maximum atomic E-state index is 12.8. The van der Waals surface area contributed by atoms with Crippen molar-refractivity contribution in [3.05, 3.63) is 34.4 Å². The van der Waals surface area contributed by atoms with Gasteiger partial charge in [0.25, 0.3) is 0 Å². The summed E-state index contributed by atoms with van der Waals surface area (Å²) >= 11 is 0. The van der Waals surface area contributed by atoms with Crippen molar-refractivity contribution in [2.75, 3.05) is 0 Å². The summed E-state index contributed by atoms with van der Waals surface area (Å²) in [7, 11) is 0. The Morgan fingerprint density at radius 3 is 2.64 bits per heavy atom. The monoisotopic (exact) mass is 298 g/mol. The number of hydrogen-bond acceptors (Lipinski definition) is 3. The predicted octanol–water partition coefficient (Wildman–Crippen LogP) is 3.43. The molecule has 1 aliphatic heterocycles. The second kappa shape index (κ2) is 4.51. The van der Waals surface area contributed by atoms with Gasteiger partial charge in [0.15, 0.2) is 0 Å². The Bertz CT molecular complexity index is 686. The second-order valence-electron chi connectivity index (χ2n) is 7.57. The van der Waals surface area contributed by atoms with Crippen LogP contribution >= 0.6 is 0 Å². The highest BCUT2D eigenvalue weighted by Gasteiger charge is 2.57. The number of benzene rings is 1. The Balaban J connectivity index is 1.93. The van der Waals surface area contributed by atoms with Gasteiger partial charge in [-0.3, -0.25) is 9.59 Å². The van der Waals surface area contributed by atoms with E-state index in [1.807, 2.05) is 26.8 Å². The average Bonchev–Trinajstić information content (AvgIpc) is 2.74. The lowest BCUT2D eigenvalue weighted by Crippen LogP contribution is -2.41. The summed E-state index contributed by atoms with van der Waals surface area (Å²) in [4.78, 5) is 25.6. The Hall–Kier alpha value is -1.48. The lowest BCUT2D eigenvalue weighted by molar-refractivity contribution is -0.123. The number of ketones is 2. The molecule has 1 aromatic rings. The van der Waals surface area contributed by atoms with E-state index in [1.54, 1.807) is 0 Å². The minimum absolute atomic E-state index is 0.0266. The van der Waals surface area contributed by atoms with E-state index < -0.39 is 0 Å². The van der Waals surface area contributed by atoms with Gasteiger partial charge in [-0.25, -0.2) is 0 Å². The van der Waals surface area contributed by atoms with Gasteiger partial charge < -0.3 is 4.74 Å². The molecular formula is C19H22O3. The van der Waals surface area contributed by atoms with Crippen LogP contribution in [0.5, 0.6) is 0 Å². The number of ether oxygens (including phenoxy) is 1. The van der Waals surface area contributed by atoms with Crippen molar-refractivity contribution < 1.29 is 14.3 Å². The first-order valence-corrected chi connectivity index (χ1v) is 8.31. The fraction of sp³-hybridized carbons (Fsp3) is 0.579. The molecule has 0 amide bonds. The molecular weight excluding hydrogens is 276 g/mol. The van der Waals surface area contributed by atoms with E-state index in [2.05, 4.69) is 6.07 Å². The maximum absolute atomic E-state index is 12.8. The number of Topliss-reactive ketones (excluding diaryl/α,β-unsaturated/α-hetero) is 2. The molecule has 3 heteroatoms. The zero-order chi connectivity index (χ0) is 15.6. The number of fused-ring (bicyclic) bond motifs is 5. The molecule has 3 nitrogen and oxygen atoms in total. The summed E-state index contributed by atoms with van der Waals surface area (Å²) < 4.78 is 6.14. The van der Waals surface area contributed by atoms with Gasteiger partial charge in [0.2, 0.25) is 11.6 Å². The number of rotatable bonds is 0. The fourth-order valence-electron chi connectivity index (χ4n) is 4.46. The van der Waals surface area contributed by atoms with Gasteiger partial charge in [-0.15, -0.1) is 0 Å². The topological polar surface area (TPSA) is 43.4 Å². The van der Waals surface area contributed by atoms with Gasteiger partial charge in [0.1, 0.15) is 0 Å². The molecule has 22 heavy (non-hydrogen) atoms. The van der Waals surface area contributed by atoms with E-state index in [9.17, 15) is 9.59 Å². The highest BCUT2D eigenvalue weighted by atomic mass is 16.5. The van der Waals surface area contributed by atoms with E-state index in [0.717, 1.165) is 30.4 Å². The Kier molecular flexibility index (Phi) is 2.90. The molecule has 4 rings (SSSR count). The Labute approximate surface area is 131 Å². The molecule has 0 spiro atoms. The van der Waals surface area contributed by atoms with E-state index >= 15 is 0 Å². The molecule has 3 aliphatic rings. The van der Waals surface area contributed by atoms with E-state index in [4.69, 9.17) is 4.74 Å². The highest BCUT2D eigenvalue weighted by Crippen LogP contribution is 2.54. The summed E-state index contributed by atoms with van der Waals surface area (Å²) in [6, 6.07) is 4.18. The number of hydrogen-bond donors (Lipinski definition) is 0. The van der Waals surface area contributed by atoms with Crippen LogP contribution in [0.4, 0.5) is 0 Å². The minimum Gasteiger partial charge on any atom is -0.369 e. The SMILES string of the molecule is CC1OC2c3ccc4c(c3C(=O)C(=O)C2C1(C)C)CCCC4. The summed E-state index contributed by atoms with van der Waals surface area (Å²) in [5, 5.41) is 0. The molecule has 0 radical (unpaired) electrons. The van der Waals surface area contributed by atoms with Crippen LogP contribution in [0.15, 0.2) is 12.1 Å². The van der Waals surface area contributed by atoms with Gasteiger partial charge in [-0.05, 0) is 49.3 Å². The fourth-order valence-corrected chi connectivity index (χ4v) is 4.46. The summed E-state index contributed by atoms with van der Waals surface area (Å²) in [6.45, 7) is 6.09. The van der Waals surface area contributed by atoms with Gasteiger partial charge in [-0.1, -0.05) is 26.0 Å². The molecule has 3 atom stereocenters. The normalized spacial score (nSPS) is 32.4. The first-order chi connectivity index (χ1) is 10.4. The molecule has 3 unspecified atom stereocenters. The van der Waals surface area contributed by atoms with Gasteiger partial charge in [0.05, 0.1) is 18.1 Å². The minimum atomic E-state index is -0.343. The van der Waals surface area contributed by atoms with Crippen molar-refractivity contribution in [2.24, 2.45) is 11.3 Å². The van der Waals surface area contributed by atoms with Crippen molar-refractivity contribution in [1.82, 2.24) is 0 Å². The summed E-state index contributed by atoms with van der Waals surface area (Å²) in [6.07, 6.45) is 3.91. The van der Waals surface area contributed by atoms with E-state index in [0.29, 0.717) is 5.56 Å². The van der Waals surface area contributed by atoms with Crippen molar-refractivity contribution in [3.8, 4) is 0 Å². The predicted molar refractivity (Wildman–Crippen MR) is 83.0 cm³/mol. The summed E-state index contributed by atoms with van der Waals surface area (Å²) in [5.41, 5.74) is 3.68. The molecule has 0 bridgehead atoms. The smallest absolute Gasteiger partial charge is 0.229 e. The molecule has 1 fully saturated rings. The largest absolute Gasteiger partial charge is 0.369 e. The van der Waals surface area contributed by atoms with Crippen LogP contribution in [0, 0.1) is 11.3 Å². The number of aryl methyl sites for hydroxylation is 1. The van der Waals surface area contributed by atoms with Crippen LogP contribution in [0.2, 0.25) is 0 Å². The van der Waals surface area contributed by atoms with Crippen LogP contribution in [-0.4, -0.2) is 17.7 Å². The lowest BCUT2D eigenvalue weighted by Gasteiger charge is -2.33. The third kappa shape index (κ3) is 1.66. The second-order valence-corrected chi connectivity index (χ2v) is 7.57. The zero-order valence-electron chi connectivity index (χ0n) is 13.4. The molecule has 0 aromatic heterocycles. The maximum Gasteiger partial charge on any atom is 0.229 e. The molecule has 0 saturated carbocycles.